The summed E-state index contributed by atoms with van der Waals surface area (Å²) in [5.41, 5.74) is 0. The Morgan fingerprint density at radius 3 is 2.29 bits per heavy atom. The molecular weight excluding hydrogens is 196 g/mol. The van der Waals surface area contributed by atoms with Crippen molar-refractivity contribution in [3.05, 3.63) is 0 Å². The second-order valence-corrected chi connectivity index (χ2v) is 2.97. The van der Waals surface area contributed by atoms with E-state index in [9.17, 15) is 9.90 Å². The van der Waals surface area contributed by atoms with Crippen LogP contribution >= 0.6 is 0 Å². The molecule has 4 N–H and O–H groups in total. The highest BCUT2D eigenvalue weighted by atomic mass is 16.7. The molecular formula is C7H12O7. The van der Waals surface area contributed by atoms with E-state index >= 15 is 0 Å². The molecule has 0 saturated carbocycles. The SMILES string of the molecule is CO[C@@H]1C(C(=O)O)O[C@@H](O)C(O)[C@@H]1O. The van der Waals surface area contributed by atoms with Crippen LogP contribution in [0.1, 0.15) is 0 Å². The van der Waals surface area contributed by atoms with E-state index in [2.05, 4.69) is 9.47 Å². The third-order valence-corrected chi connectivity index (χ3v) is 2.08. The maximum Gasteiger partial charge on any atom is 0.335 e. The molecule has 0 spiro atoms. The Kier molecular flexibility index (Phi) is 3.40. The molecule has 1 heterocycles. The molecule has 2 unspecified atom stereocenters. The third kappa shape index (κ3) is 1.86. The minimum absolute atomic E-state index is 1.18. The lowest BCUT2D eigenvalue weighted by molar-refractivity contribution is -0.283. The van der Waals surface area contributed by atoms with E-state index in [0.29, 0.717) is 0 Å². The average molecular weight is 208 g/mol. The van der Waals surface area contributed by atoms with Crippen molar-refractivity contribution < 1.29 is 34.7 Å². The van der Waals surface area contributed by atoms with Gasteiger partial charge in [-0.2, -0.15) is 0 Å². The van der Waals surface area contributed by atoms with Gasteiger partial charge in [0.2, 0.25) is 0 Å². The summed E-state index contributed by atoms with van der Waals surface area (Å²) in [4.78, 5) is 10.6. The molecule has 1 fully saturated rings. The monoisotopic (exact) mass is 208 g/mol. The van der Waals surface area contributed by atoms with E-state index in [-0.39, 0.29) is 0 Å². The standard InChI is InChI=1S/C7H12O7/c1-13-4-2(8)3(9)7(12)14-5(4)6(10)11/h2-5,7-9,12H,1H3,(H,10,11)/t2-,3?,4-,5?,7+/m0/s1. The molecule has 1 rings (SSSR count). The van der Waals surface area contributed by atoms with Gasteiger partial charge >= 0.3 is 5.97 Å². The van der Waals surface area contributed by atoms with Gasteiger partial charge in [-0.05, 0) is 0 Å². The molecule has 1 saturated heterocycles. The van der Waals surface area contributed by atoms with Crippen LogP contribution in [-0.4, -0.2) is 64.2 Å². The topological polar surface area (TPSA) is 116 Å². The van der Waals surface area contributed by atoms with Crippen molar-refractivity contribution in [3.63, 3.8) is 0 Å². The van der Waals surface area contributed by atoms with E-state index in [1.54, 1.807) is 0 Å². The van der Waals surface area contributed by atoms with Crippen LogP contribution in [0.15, 0.2) is 0 Å². The first-order valence-electron chi connectivity index (χ1n) is 3.94. The highest BCUT2D eigenvalue weighted by Gasteiger charge is 2.47. The minimum Gasteiger partial charge on any atom is -0.479 e. The van der Waals surface area contributed by atoms with Gasteiger partial charge in [0.25, 0.3) is 0 Å². The van der Waals surface area contributed by atoms with Gasteiger partial charge in [-0.25, -0.2) is 4.79 Å². The van der Waals surface area contributed by atoms with E-state index in [0.717, 1.165) is 0 Å². The normalized spacial score (nSPS) is 43.6. The van der Waals surface area contributed by atoms with Crippen LogP contribution in [0.2, 0.25) is 0 Å². The Labute approximate surface area is 79.5 Å². The van der Waals surface area contributed by atoms with Crippen LogP contribution in [0.25, 0.3) is 0 Å². The quantitative estimate of drug-likeness (QED) is 0.397. The van der Waals surface area contributed by atoms with Crippen molar-refractivity contribution in [2.24, 2.45) is 0 Å². The first-order chi connectivity index (χ1) is 6.49. The van der Waals surface area contributed by atoms with Crippen molar-refractivity contribution in [2.45, 2.75) is 30.7 Å². The number of methoxy groups -OCH3 is 1. The summed E-state index contributed by atoms with van der Waals surface area (Å²) in [6, 6.07) is 0. The number of hydrogen-bond donors (Lipinski definition) is 4. The number of carboxylic acid groups (broad SMARTS) is 1. The number of aliphatic hydroxyl groups is 3. The number of ether oxygens (including phenoxy) is 2. The second-order valence-electron chi connectivity index (χ2n) is 2.97. The van der Waals surface area contributed by atoms with Gasteiger partial charge in [-0.1, -0.05) is 0 Å². The van der Waals surface area contributed by atoms with Crippen molar-refractivity contribution in [2.75, 3.05) is 7.11 Å². The van der Waals surface area contributed by atoms with Gasteiger partial charge < -0.3 is 29.9 Å². The molecule has 0 aromatic carbocycles. The van der Waals surface area contributed by atoms with Gasteiger partial charge in [0.1, 0.15) is 18.3 Å². The molecule has 0 bridgehead atoms. The number of aliphatic hydroxyl groups excluding tert-OH is 3. The van der Waals surface area contributed by atoms with Crippen LogP contribution < -0.4 is 0 Å². The molecule has 82 valence electrons. The van der Waals surface area contributed by atoms with Gasteiger partial charge in [-0.3, -0.25) is 0 Å². The van der Waals surface area contributed by atoms with Crippen LogP contribution in [0, 0.1) is 0 Å². The van der Waals surface area contributed by atoms with Gasteiger partial charge in [-0.15, -0.1) is 0 Å². The highest BCUT2D eigenvalue weighted by molar-refractivity contribution is 5.73. The Bertz CT molecular complexity index is 218. The summed E-state index contributed by atoms with van der Waals surface area (Å²) in [6.45, 7) is 0. The molecule has 0 aromatic rings. The number of carboxylic acids is 1. The maximum absolute atomic E-state index is 10.6. The lowest BCUT2D eigenvalue weighted by Crippen LogP contribution is -2.60. The molecule has 0 aromatic heterocycles. The van der Waals surface area contributed by atoms with Crippen LogP contribution in [0.5, 0.6) is 0 Å². The van der Waals surface area contributed by atoms with Gasteiger partial charge in [0.05, 0.1) is 0 Å². The van der Waals surface area contributed by atoms with Crippen LogP contribution in [0.3, 0.4) is 0 Å². The Hall–Kier alpha value is -0.730. The maximum atomic E-state index is 10.6. The zero-order valence-electron chi connectivity index (χ0n) is 7.40. The van der Waals surface area contributed by atoms with Crippen LogP contribution in [0.4, 0.5) is 0 Å². The molecule has 14 heavy (non-hydrogen) atoms. The third-order valence-electron chi connectivity index (χ3n) is 2.08. The number of carbonyl (C=O) groups is 1. The first-order valence-corrected chi connectivity index (χ1v) is 3.94. The van der Waals surface area contributed by atoms with Crippen LogP contribution in [-0.2, 0) is 14.3 Å². The van der Waals surface area contributed by atoms with Crippen molar-refractivity contribution >= 4 is 5.97 Å². The Morgan fingerprint density at radius 2 is 1.86 bits per heavy atom. The number of hydrogen-bond acceptors (Lipinski definition) is 6. The Balaban J connectivity index is 2.82. The average Bonchev–Trinajstić information content (AvgIpc) is 2.13. The fourth-order valence-electron chi connectivity index (χ4n) is 1.31. The molecule has 1 aliphatic heterocycles. The second kappa shape index (κ2) is 4.20. The highest BCUT2D eigenvalue weighted by Crippen LogP contribution is 2.21. The lowest BCUT2D eigenvalue weighted by atomic mass is 9.99. The fourth-order valence-corrected chi connectivity index (χ4v) is 1.31. The number of rotatable bonds is 2. The summed E-state index contributed by atoms with van der Waals surface area (Å²) in [6.07, 6.45) is -7.49. The minimum atomic E-state index is -1.72. The molecule has 1 aliphatic rings. The molecule has 0 aliphatic carbocycles. The first kappa shape index (κ1) is 11.3. The Morgan fingerprint density at radius 1 is 1.29 bits per heavy atom. The van der Waals surface area contributed by atoms with E-state index in [4.69, 9.17) is 15.3 Å². The lowest BCUT2D eigenvalue weighted by Gasteiger charge is -2.37. The molecule has 0 amide bonds. The predicted molar refractivity (Wildman–Crippen MR) is 41.3 cm³/mol. The van der Waals surface area contributed by atoms with E-state index in [1.165, 1.54) is 7.11 Å². The largest absolute Gasteiger partial charge is 0.479 e. The molecule has 7 nitrogen and oxygen atoms in total. The smallest absolute Gasteiger partial charge is 0.335 e. The number of aliphatic carboxylic acids is 1. The van der Waals surface area contributed by atoms with Gasteiger partial charge in [0, 0.05) is 7.11 Å². The summed E-state index contributed by atoms with van der Waals surface area (Å²) in [5, 5.41) is 36.2. The zero-order valence-corrected chi connectivity index (χ0v) is 7.40. The summed E-state index contributed by atoms with van der Waals surface area (Å²) in [7, 11) is 1.18. The van der Waals surface area contributed by atoms with E-state index < -0.39 is 36.7 Å². The molecule has 7 heteroatoms. The fraction of sp³-hybridized carbons (Fsp3) is 0.857. The van der Waals surface area contributed by atoms with Crippen molar-refractivity contribution in [3.8, 4) is 0 Å². The summed E-state index contributed by atoms with van der Waals surface area (Å²) >= 11 is 0. The molecule has 5 atom stereocenters. The van der Waals surface area contributed by atoms with Crippen molar-refractivity contribution in [1.29, 1.82) is 0 Å². The summed E-state index contributed by atoms with van der Waals surface area (Å²) in [5.74, 6) is -1.37. The predicted octanol–water partition coefficient (Wildman–Crippen LogP) is -2.47. The molecule has 0 radical (unpaired) electrons. The summed E-state index contributed by atoms with van der Waals surface area (Å²) < 4.78 is 9.22. The zero-order chi connectivity index (χ0) is 10.9. The van der Waals surface area contributed by atoms with Crippen molar-refractivity contribution in [1.82, 2.24) is 0 Å². The van der Waals surface area contributed by atoms with Gasteiger partial charge in [0.15, 0.2) is 12.4 Å². The van der Waals surface area contributed by atoms with E-state index in [1.807, 2.05) is 0 Å².